The molecule has 0 bridgehead atoms. The molecule has 0 unspecified atom stereocenters. The van der Waals surface area contributed by atoms with Gasteiger partial charge in [-0.15, -0.1) is 11.6 Å². The molecule has 0 amide bonds. The van der Waals surface area contributed by atoms with Gasteiger partial charge in [0.05, 0.1) is 6.42 Å². The molecule has 0 heterocycles. The Labute approximate surface area is 80.6 Å². The van der Waals surface area contributed by atoms with E-state index in [1.54, 1.807) is 0 Å². The molecule has 0 aromatic heterocycles. The highest BCUT2D eigenvalue weighted by molar-refractivity contribution is 6.21. The third-order valence-corrected chi connectivity index (χ3v) is 2.55. The zero-order chi connectivity index (χ0) is 9.90. The predicted octanol–water partition coefficient (Wildman–Crippen LogP) is 2.55. The van der Waals surface area contributed by atoms with Crippen LogP contribution in [0.5, 0.6) is 0 Å². The van der Waals surface area contributed by atoms with Crippen LogP contribution in [0.3, 0.4) is 0 Å². The van der Waals surface area contributed by atoms with Gasteiger partial charge < -0.3 is 5.32 Å². The smallest absolute Gasteiger partial charge is 0.316 e. The lowest BCUT2D eigenvalue weighted by molar-refractivity contribution is -0.133. The fraction of sp³-hybridized carbons (Fsp3) is 1.00. The minimum absolute atomic E-state index is 0.0208. The molecule has 0 aliphatic heterocycles. The van der Waals surface area contributed by atoms with Crippen molar-refractivity contribution in [1.29, 1.82) is 0 Å². The maximum Gasteiger partial charge on any atom is 0.390 e. The molecule has 1 rings (SSSR count). The summed E-state index contributed by atoms with van der Waals surface area (Å²) < 4.78 is 35.0. The van der Waals surface area contributed by atoms with E-state index in [0.717, 1.165) is 12.8 Å². The van der Waals surface area contributed by atoms with Gasteiger partial charge in [0.1, 0.15) is 0 Å². The molecule has 0 aromatic carbocycles. The molecule has 0 saturated heterocycles. The number of alkyl halides is 4. The summed E-state index contributed by atoms with van der Waals surface area (Å²) in [5.74, 6) is 0.482. The lowest BCUT2D eigenvalue weighted by Gasteiger charge is -2.31. The number of rotatable bonds is 4. The van der Waals surface area contributed by atoms with E-state index in [1.807, 2.05) is 0 Å². The van der Waals surface area contributed by atoms with Crippen LogP contribution in [0.4, 0.5) is 13.2 Å². The second-order valence-corrected chi connectivity index (χ2v) is 4.12. The summed E-state index contributed by atoms with van der Waals surface area (Å²) in [6.45, 7) is 0.687. The Hall–Kier alpha value is 0.0400. The van der Waals surface area contributed by atoms with Gasteiger partial charge in [0, 0.05) is 11.9 Å². The first-order chi connectivity index (χ1) is 5.97. The van der Waals surface area contributed by atoms with Crippen LogP contribution in [0.2, 0.25) is 0 Å². The summed E-state index contributed by atoms with van der Waals surface area (Å²) in [6.07, 6.45) is -2.92. The quantitative estimate of drug-likeness (QED) is 0.562. The molecular weight excluding hydrogens is 203 g/mol. The molecule has 0 radical (unpaired) electrons. The van der Waals surface area contributed by atoms with Gasteiger partial charge in [-0.25, -0.2) is 0 Å². The molecule has 1 aliphatic rings. The SMILES string of the molecule is FC(F)(F)CCNCC1CC(Cl)C1. The normalized spacial score (nSPS) is 28.6. The van der Waals surface area contributed by atoms with Gasteiger partial charge in [-0.2, -0.15) is 13.2 Å². The Morgan fingerprint density at radius 2 is 1.92 bits per heavy atom. The van der Waals surface area contributed by atoms with Crippen molar-refractivity contribution in [1.82, 2.24) is 5.32 Å². The van der Waals surface area contributed by atoms with Gasteiger partial charge in [-0.1, -0.05) is 0 Å². The third kappa shape index (κ3) is 4.72. The zero-order valence-electron chi connectivity index (χ0n) is 7.20. The predicted molar refractivity (Wildman–Crippen MR) is 45.9 cm³/mol. The van der Waals surface area contributed by atoms with Crippen LogP contribution in [0, 0.1) is 5.92 Å². The highest BCUT2D eigenvalue weighted by Gasteiger charge is 2.28. The molecule has 0 spiro atoms. The monoisotopic (exact) mass is 215 g/mol. The zero-order valence-corrected chi connectivity index (χ0v) is 7.96. The second-order valence-electron chi connectivity index (χ2n) is 3.50. The molecule has 5 heteroatoms. The van der Waals surface area contributed by atoms with Crippen molar-refractivity contribution in [2.75, 3.05) is 13.1 Å². The van der Waals surface area contributed by atoms with Crippen molar-refractivity contribution >= 4 is 11.6 Å². The van der Waals surface area contributed by atoms with Crippen LogP contribution in [0.25, 0.3) is 0 Å². The summed E-state index contributed by atoms with van der Waals surface area (Å²) in [4.78, 5) is 0. The first-order valence-electron chi connectivity index (χ1n) is 4.39. The second kappa shape index (κ2) is 4.51. The maximum absolute atomic E-state index is 11.7. The van der Waals surface area contributed by atoms with Crippen molar-refractivity contribution in [2.24, 2.45) is 5.92 Å². The van der Waals surface area contributed by atoms with Crippen LogP contribution < -0.4 is 5.32 Å². The first kappa shape index (κ1) is 11.1. The minimum Gasteiger partial charge on any atom is -0.316 e. The van der Waals surface area contributed by atoms with Gasteiger partial charge in [-0.3, -0.25) is 0 Å². The molecule has 1 saturated carbocycles. The molecule has 1 aliphatic carbocycles. The van der Waals surface area contributed by atoms with Crippen molar-refractivity contribution in [3.63, 3.8) is 0 Å². The van der Waals surface area contributed by atoms with Crippen molar-refractivity contribution in [3.8, 4) is 0 Å². The van der Waals surface area contributed by atoms with E-state index in [1.165, 1.54) is 0 Å². The van der Waals surface area contributed by atoms with Crippen LogP contribution in [0.1, 0.15) is 19.3 Å². The Morgan fingerprint density at radius 1 is 1.31 bits per heavy atom. The highest BCUT2D eigenvalue weighted by Crippen LogP contribution is 2.31. The van der Waals surface area contributed by atoms with Crippen LogP contribution in [-0.2, 0) is 0 Å². The fourth-order valence-electron chi connectivity index (χ4n) is 1.36. The highest BCUT2D eigenvalue weighted by atomic mass is 35.5. The maximum atomic E-state index is 11.7. The Morgan fingerprint density at radius 3 is 2.38 bits per heavy atom. The molecule has 1 nitrogen and oxygen atoms in total. The van der Waals surface area contributed by atoms with Crippen molar-refractivity contribution in [2.45, 2.75) is 30.8 Å². The molecule has 78 valence electrons. The van der Waals surface area contributed by atoms with E-state index in [0.29, 0.717) is 12.5 Å². The Balaban J connectivity index is 1.90. The standard InChI is InChI=1S/C8H13ClF3N/c9-7-3-6(4-7)5-13-2-1-8(10,11)12/h6-7,13H,1-5H2. The van der Waals surface area contributed by atoms with E-state index in [9.17, 15) is 13.2 Å². The molecule has 0 atom stereocenters. The van der Waals surface area contributed by atoms with E-state index in [-0.39, 0.29) is 11.9 Å². The molecule has 0 aromatic rings. The summed E-state index contributed by atoms with van der Waals surface area (Å²) in [5, 5.41) is 3.03. The van der Waals surface area contributed by atoms with Gasteiger partial charge in [0.15, 0.2) is 0 Å². The number of hydrogen-bond donors (Lipinski definition) is 1. The van der Waals surface area contributed by atoms with Crippen LogP contribution >= 0.6 is 11.6 Å². The lowest BCUT2D eigenvalue weighted by atomic mass is 9.85. The van der Waals surface area contributed by atoms with Gasteiger partial charge >= 0.3 is 6.18 Å². The molecule has 1 N–H and O–H groups in total. The van der Waals surface area contributed by atoms with E-state index in [2.05, 4.69) is 5.32 Å². The number of nitrogens with one attached hydrogen (secondary N) is 1. The Kier molecular flexibility index (Phi) is 3.86. The summed E-state index contributed by atoms with van der Waals surface area (Å²) in [6, 6.07) is 0. The fourth-order valence-corrected chi connectivity index (χ4v) is 1.86. The number of hydrogen-bond acceptors (Lipinski definition) is 1. The first-order valence-corrected chi connectivity index (χ1v) is 4.82. The molecule has 1 fully saturated rings. The number of halogens is 4. The van der Waals surface area contributed by atoms with Crippen molar-refractivity contribution < 1.29 is 13.2 Å². The van der Waals surface area contributed by atoms with E-state index >= 15 is 0 Å². The summed E-state index contributed by atoms with van der Waals surface area (Å²) in [7, 11) is 0. The lowest BCUT2D eigenvalue weighted by Crippen LogP contribution is -2.34. The average molecular weight is 216 g/mol. The van der Waals surface area contributed by atoms with Gasteiger partial charge in [0.2, 0.25) is 0 Å². The van der Waals surface area contributed by atoms with Gasteiger partial charge in [0.25, 0.3) is 0 Å². The third-order valence-electron chi connectivity index (χ3n) is 2.20. The molecular formula is C8H13ClF3N. The molecule has 13 heavy (non-hydrogen) atoms. The topological polar surface area (TPSA) is 12.0 Å². The Bertz CT molecular complexity index is 154. The largest absolute Gasteiger partial charge is 0.390 e. The van der Waals surface area contributed by atoms with Crippen LogP contribution in [-0.4, -0.2) is 24.6 Å². The van der Waals surface area contributed by atoms with Gasteiger partial charge in [-0.05, 0) is 25.3 Å². The van der Waals surface area contributed by atoms with E-state index < -0.39 is 12.6 Å². The van der Waals surface area contributed by atoms with E-state index in [4.69, 9.17) is 11.6 Å². The summed E-state index contributed by atoms with van der Waals surface area (Å²) in [5.41, 5.74) is 0. The average Bonchev–Trinajstić information content (AvgIpc) is 1.91. The summed E-state index contributed by atoms with van der Waals surface area (Å²) >= 11 is 5.72. The minimum atomic E-state index is -4.04. The van der Waals surface area contributed by atoms with Crippen molar-refractivity contribution in [3.05, 3.63) is 0 Å². The van der Waals surface area contributed by atoms with Crippen LogP contribution in [0.15, 0.2) is 0 Å².